The molecule has 0 saturated carbocycles. The number of methoxy groups -OCH3 is 1. The first-order chi connectivity index (χ1) is 12.4. The first-order valence-electron chi connectivity index (χ1n) is 8.70. The zero-order valence-corrected chi connectivity index (χ0v) is 15.9. The van der Waals surface area contributed by atoms with Crippen LogP contribution in [0.3, 0.4) is 0 Å². The summed E-state index contributed by atoms with van der Waals surface area (Å²) in [5.41, 5.74) is 2.01. The number of hydrogen-bond acceptors (Lipinski definition) is 5. The van der Waals surface area contributed by atoms with Crippen molar-refractivity contribution in [1.29, 1.82) is 0 Å². The van der Waals surface area contributed by atoms with Crippen molar-refractivity contribution in [2.24, 2.45) is 0 Å². The number of ether oxygens (including phenoxy) is 1. The molecule has 0 unspecified atom stereocenters. The Kier molecular flexibility index (Phi) is 5.74. The van der Waals surface area contributed by atoms with Crippen LogP contribution in [0.5, 0.6) is 0 Å². The average molecular weight is 381 g/mol. The van der Waals surface area contributed by atoms with Crippen LogP contribution in [0, 0.1) is 12.7 Å². The van der Waals surface area contributed by atoms with Crippen LogP contribution in [0.25, 0.3) is 10.9 Å². The summed E-state index contributed by atoms with van der Waals surface area (Å²) in [4.78, 5) is 6.42. The lowest BCUT2D eigenvalue weighted by atomic mass is 10.1. The third kappa shape index (κ3) is 3.97. The summed E-state index contributed by atoms with van der Waals surface area (Å²) in [6.45, 7) is 4.26. The zero-order chi connectivity index (χ0) is 18.7. The summed E-state index contributed by atoms with van der Waals surface area (Å²) in [5, 5.41) is 0.756. The second-order valence-corrected chi connectivity index (χ2v) is 8.56. The maximum absolute atomic E-state index is 14.1. The van der Waals surface area contributed by atoms with E-state index in [2.05, 4.69) is 9.88 Å². The molecule has 0 atom stereocenters. The van der Waals surface area contributed by atoms with Crippen LogP contribution in [0.4, 0.5) is 10.1 Å². The van der Waals surface area contributed by atoms with E-state index in [0.29, 0.717) is 44.7 Å². The Balaban J connectivity index is 1.77. The number of anilines is 1. The molecule has 1 aromatic carbocycles. The van der Waals surface area contributed by atoms with E-state index in [1.54, 1.807) is 13.2 Å². The van der Waals surface area contributed by atoms with Gasteiger partial charge in [-0.1, -0.05) is 12.1 Å². The SMILES string of the molecule is COCCCS(=O)(=O)N1CCN(c2cc(C)nc3c(F)cccc23)CC1. The van der Waals surface area contributed by atoms with E-state index in [9.17, 15) is 12.8 Å². The van der Waals surface area contributed by atoms with Crippen molar-refractivity contribution in [3.05, 3.63) is 35.8 Å². The molecule has 0 radical (unpaired) electrons. The van der Waals surface area contributed by atoms with Gasteiger partial charge in [0.15, 0.2) is 0 Å². The molecule has 0 spiro atoms. The molecule has 26 heavy (non-hydrogen) atoms. The predicted molar refractivity (Wildman–Crippen MR) is 101 cm³/mol. The Hall–Kier alpha value is -1.77. The molecule has 1 aromatic heterocycles. The second-order valence-electron chi connectivity index (χ2n) is 6.47. The lowest BCUT2D eigenvalue weighted by Crippen LogP contribution is -2.49. The summed E-state index contributed by atoms with van der Waals surface area (Å²) in [7, 11) is -1.70. The van der Waals surface area contributed by atoms with E-state index in [1.807, 2.05) is 19.1 Å². The normalized spacial score (nSPS) is 16.3. The lowest BCUT2D eigenvalue weighted by Gasteiger charge is -2.36. The molecule has 1 fully saturated rings. The van der Waals surface area contributed by atoms with Gasteiger partial charge in [0.2, 0.25) is 10.0 Å². The topological polar surface area (TPSA) is 62.7 Å². The molecule has 1 aliphatic heterocycles. The first-order valence-corrected chi connectivity index (χ1v) is 10.3. The fraction of sp³-hybridized carbons (Fsp3) is 0.500. The number of aromatic nitrogens is 1. The predicted octanol–water partition coefficient (Wildman–Crippen LogP) is 2.17. The van der Waals surface area contributed by atoms with E-state index < -0.39 is 10.0 Å². The van der Waals surface area contributed by atoms with Gasteiger partial charge < -0.3 is 9.64 Å². The number of halogens is 1. The molecule has 3 rings (SSSR count). The largest absolute Gasteiger partial charge is 0.385 e. The van der Waals surface area contributed by atoms with Gasteiger partial charge in [-0.2, -0.15) is 4.31 Å². The van der Waals surface area contributed by atoms with Crippen LogP contribution in [-0.2, 0) is 14.8 Å². The third-order valence-corrected chi connectivity index (χ3v) is 6.58. The molecule has 0 amide bonds. The molecule has 8 heteroatoms. The minimum absolute atomic E-state index is 0.101. The first kappa shape index (κ1) is 19.0. The third-order valence-electron chi connectivity index (χ3n) is 4.62. The van der Waals surface area contributed by atoms with Gasteiger partial charge in [-0.25, -0.2) is 17.8 Å². The number of sulfonamides is 1. The Morgan fingerprint density at radius 3 is 2.65 bits per heavy atom. The standard InChI is InChI=1S/C18H24FN3O3S/c1-14-13-17(15-5-3-6-16(19)18(15)20-14)21-7-9-22(10-8-21)26(23,24)12-4-11-25-2/h3,5-6,13H,4,7-12H2,1-2H3. The van der Waals surface area contributed by atoms with E-state index in [-0.39, 0.29) is 11.6 Å². The number of para-hydroxylation sites is 1. The minimum Gasteiger partial charge on any atom is -0.385 e. The quantitative estimate of drug-likeness (QED) is 0.718. The van der Waals surface area contributed by atoms with Gasteiger partial charge in [0, 0.05) is 56.7 Å². The zero-order valence-electron chi connectivity index (χ0n) is 15.1. The smallest absolute Gasteiger partial charge is 0.214 e. The number of aryl methyl sites for hydroxylation is 1. The van der Waals surface area contributed by atoms with Crippen molar-refractivity contribution in [3.8, 4) is 0 Å². The summed E-state index contributed by atoms with van der Waals surface area (Å²) in [6.07, 6.45) is 0.493. The highest BCUT2D eigenvalue weighted by molar-refractivity contribution is 7.89. The van der Waals surface area contributed by atoms with E-state index >= 15 is 0 Å². The average Bonchev–Trinajstić information content (AvgIpc) is 2.62. The number of piperazine rings is 1. The van der Waals surface area contributed by atoms with Gasteiger partial charge in [-0.3, -0.25) is 0 Å². The Labute approximate surface area is 153 Å². The van der Waals surface area contributed by atoms with Crippen LogP contribution >= 0.6 is 0 Å². The highest BCUT2D eigenvalue weighted by Crippen LogP contribution is 2.29. The molecule has 0 aliphatic carbocycles. The fourth-order valence-electron chi connectivity index (χ4n) is 3.30. The van der Waals surface area contributed by atoms with E-state index in [4.69, 9.17) is 4.74 Å². The van der Waals surface area contributed by atoms with Crippen molar-refractivity contribution in [1.82, 2.24) is 9.29 Å². The molecular weight excluding hydrogens is 357 g/mol. The molecule has 142 valence electrons. The van der Waals surface area contributed by atoms with Crippen molar-refractivity contribution in [2.45, 2.75) is 13.3 Å². The van der Waals surface area contributed by atoms with E-state index in [1.165, 1.54) is 10.4 Å². The highest BCUT2D eigenvalue weighted by atomic mass is 32.2. The second kappa shape index (κ2) is 7.85. The van der Waals surface area contributed by atoms with Crippen LogP contribution < -0.4 is 4.90 Å². The number of hydrogen-bond donors (Lipinski definition) is 0. The summed E-state index contributed by atoms with van der Waals surface area (Å²) in [5.74, 6) is -0.240. The number of fused-ring (bicyclic) bond motifs is 1. The van der Waals surface area contributed by atoms with Crippen LogP contribution in [0.2, 0.25) is 0 Å². The summed E-state index contributed by atoms with van der Waals surface area (Å²) >= 11 is 0. The molecule has 1 saturated heterocycles. The Bertz CT molecular complexity index is 881. The number of rotatable bonds is 6. The molecule has 6 nitrogen and oxygen atoms in total. The number of nitrogens with zero attached hydrogens (tertiary/aromatic N) is 3. The van der Waals surface area contributed by atoms with Crippen molar-refractivity contribution in [3.63, 3.8) is 0 Å². The van der Waals surface area contributed by atoms with Gasteiger partial charge in [0.25, 0.3) is 0 Å². The molecule has 1 aliphatic rings. The maximum atomic E-state index is 14.1. The highest BCUT2D eigenvalue weighted by Gasteiger charge is 2.27. The van der Waals surface area contributed by atoms with Gasteiger partial charge in [-0.05, 0) is 25.5 Å². The van der Waals surface area contributed by atoms with Crippen LogP contribution in [-0.4, -0.2) is 63.4 Å². The van der Waals surface area contributed by atoms with Crippen LogP contribution in [0.1, 0.15) is 12.1 Å². The molecule has 2 heterocycles. The van der Waals surface area contributed by atoms with E-state index in [0.717, 1.165) is 16.8 Å². The molecule has 2 aromatic rings. The number of benzene rings is 1. The monoisotopic (exact) mass is 381 g/mol. The summed E-state index contributed by atoms with van der Waals surface area (Å²) < 4.78 is 45.4. The van der Waals surface area contributed by atoms with Crippen LogP contribution in [0.15, 0.2) is 24.3 Å². The lowest BCUT2D eigenvalue weighted by molar-refractivity contribution is 0.199. The van der Waals surface area contributed by atoms with Crippen molar-refractivity contribution >= 4 is 26.6 Å². The van der Waals surface area contributed by atoms with Gasteiger partial charge in [0.05, 0.1) is 5.75 Å². The minimum atomic E-state index is -3.26. The molecular formula is C18H24FN3O3S. The molecule has 0 bridgehead atoms. The Morgan fingerprint density at radius 1 is 1.23 bits per heavy atom. The van der Waals surface area contributed by atoms with Gasteiger partial charge in [-0.15, -0.1) is 0 Å². The maximum Gasteiger partial charge on any atom is 0.214 e. The van der Waals surface area contributed by atoms with Crippen molar-refractivity contribution in [2.75, 3.05) is 50.5 Å². The summed E-state index contributed by atoms with van der Waals surface area (Å²) in [6, 6.07) is 6.87. The molecule has 0 N–H and O–H groups in total. The van der Waals surface area contributed by atoms with Gasteiger partial charge in [0.1, 0.15) is 11.3 Å². The van der Waals surface area contributed by atoms with Gasteiger partial charge >= 0.3 is 0 Å². The number of pyridine rings is 1. The Morgan fingerprint density at radius 2 is 1.96 bits per heavy atom. The fourth-order valence-corrected chi connectivity index (χ4v) is 4.76. The van der Waals surface area contributed by atoms with Crippen molar-refractivity contribution < 1.29 is 17.5 Å².